The van der Waals surface area contributed by atoms with Crippen LogP contribution in [0.3, 0.4) is 0 Å². The molecule has 6 heteroatoms. The van der Waals surface area contributed by atoms with Gasteiger partial charge in [-0.15, -0.1) is 0 Å². The van der Waals surface area contributed by atoms with E-state index < -0.39 is 0 Å². The van der Waals surface area contributed by atoms with Crippen LogP contribution in [0.1, 0.15) is 23.6 Å². The summed E-state index contributed by atoms with van der Waals surface area (Å²) >= 11 is 0. The fraction of sp³-hybridized carbons (Fsp3) is 0.267. The molecule has 0 spiro atoms. The third-order valence-electron chi connectivity index (χ3n) is 3.76. The molecule has 1 aliphatic rings. The van der Waals surface area contributed by atoms with Crippen LogP contribution in [-0.2, 0) is 0 Å². The van der Waals surface area contributed by atoms with Gasteiger partial charge in [-0.3, -0.25) is 0 Å². The number of nitrogens with two attached hydrogens (primary N) is 1. The number of nitrogens with zero attached hydrogens (tertiary/aromatic N) is 4. The quantitative estimate of drug-likeness (QED) is 0.386. The highest BCUT2D eigenvalue weighted by Crippen LogP contribution is 2.28. The lowest BCUT2D eigenvalue weighted by molar-refractivity contribution is 0.318. The van der Waals surface area contributed by atoms with Gasteiger partial charge >= 0.3 is 0 Å². The summed E-state index contributed by atoms with van der Waals surface area (Å²) in [6, 6.07) is 12.1. The standard InChI is InChI=1S/C15H17N5O/c16-14(19-21)13-6-8-17-15(18-13)20-9-7-12(10-20)11-4-2-1-3-5-11/h1-6,8,12,21H,7,9-10H2,(H2,16,19). The van der Waals surface area contributed by atoms with Gasteiger partial charge in [-0.2, -0.15) is 0 Å². The highest BCUT2D eigenvalue weighted by molar-refractivity contribution is 5.95. The number of hydrogen-bond donors (Lipinski definition) is 2. The topological polar surface area (TPSA) is 87.6 Å². The van der Waals surface area contributed by atoms with Crippen molar-refractivity contribution in [3.63, 3.8) is 0 Å². The maximum absolute atomic E-state index is 8.72. The van der Waals surface area contributed by atoms with E-state index in [2.05, 4.69) is 44.3 Å². The Bertz CT molecular complexity index is 644. The molecule has 2 aromatic rings. The summed E-state index contributed by atoms with van der Waals surface area (Å²) in [7, 11) is 0. The van der Waals surface area contributed by atoms with Crippen molar-refractivity contribution in [2.75, 3.05) is 18.0 Å². The lowest BCUT2D eigenvalue weighted by atomic mass is 9.99. The Morgan fingerprint density at radius 1 is 1.29 bits per heavy atom. The van der Waals surface area contributed by atoms with Crippen molar-refractivity contribution >= 4 is 11.8 Å². The maximum Gasteiger partial charge on any atom is 0.225 e. The molecule has 0 aliphatic carbocycles. The molecule has 1 aromatic heterocycles. The zero-order chi connectivity index (χ0) is 14.7. The summed E-state index contributed by atoms with van der Waals surface area (Å²) in [4.78, 5) is 10.8. The van der Waals surface area contributed by atoms with Crippen LogP contribution >= 0.6 is 0 Å². The molecule has 1 aliphatic heterocycles. The molecule has 21 heavy (non-hydrogen) atoms. The van der Waals surface area contributed by atoms with Crippen LogP contribution in [-0.4, -0.2) is 34.1 Å². The van der Waals surface area contributed by atoms with E-state index in [0.29, 0.717) is 17.6 Å². The van der Waals surface area contributed by atoms with Gasteiger partial charge < -0.3 is 15.8 Å². The van der Waals surface area contributed by atoms with E-state index in [-0.39, 0.29) is 5.84 Å². The van der Waals surface area contributed by atoms with Gasteiger partial charge in [0, 0.05) is 25.2 Å². The largest absolute Gasteiger partial charge is 0.409 e. The van der Waals surface area contributed by atoms with Crippen LogP contribution in [0.4, 0.5) is 5.95 Å². The zero-order valence-electron chi connectivity index (χ0n) is 11.6. The van der Waals surface area contributed by atoms with Crippen LogP contribution in [0.25, 0.3) is 0 Å². The first-order valence-corrected chi connectivity index (χ1v) is 6.89. The Balaban J connectivity index is 1.77. The average molecular weight is 283 g/mol. The number of rotatable bonds is 3. The minimum Gasteiger partial charge on any atom is -0.409 e. The molecule has 2 heterocycles. The molecular weight excluding hydrogens is 266 g/mol. The first-order valence-electron chi connectivity index (χ1n) is 6.89. The molecule has 1 fully saturated rings. The second-order valence-corrected chi connectivity index (χ2v) is 5.07. The summed E-state index contributed by atoms with van der Waals surface area (Å²) in [6.45, 7) is 1.78. The number of hydrogen-bond acceptors (Lipinski definition) is 5. The van der Waals surface area contributed by atoms with Gasteiger partial charge in [0.25, 0.3) is 0 Å². The van der Waals surface area contributed by atoms with Gasteiger partial charge in [0.1, 0.15) is 5.69 Å². The lowest BCUT2D eigenvalue weighted by Gasteiger charge is -2.16. The van der Waals surface area contributed by atoms with E-state index in [1.54, 1.807) is 12.3 Å². The van der Waals surface area contributed by atoms with Crippen LogP contribution in [0.2, 0.25) is 0 Å². The van der Waals surface area contributed by atoms with Crippen LogP contribution in [0, 0.1) is 0 Å². The molecule has 6 nitrogen and oxygen atoms in total. The Labute approximate surface area is 122 Å². The van der Waals surface area contributed by atoms with Gasteiger partial charge in [0.15, 0.2) is 5.84 Å². The van der Waals surface area contributed by atoms with E-state index in [9.17, 15) is 0 Å². The van der Waals surface area contributed by atoms with Crippen molar-refractivity contribution in [2.24, 2.45) is 10.9 Å². The number of anilines is 1. The molecule has 1 atom stereocenters. The van der Waals surface area contributed by atoms with Gasteiger partial charge in [0.2, 0.25) is 5.95 Å². The summed E-state index contributed by atoms with van der Waals surface area (Å²) in [5, 5.41) is 11.7. The Morgan fingerprint density at radius 3 is 2.86 bits per heavy atom. The van der Waals surface area contributed by atoms with E-state index in [0.717, 1.165) is 19.5 Å². The maximum atomic E-state index is 8.72. The van der Waals surface area contributed by atoms with Gasteiger partial charge in [-0.25, -0.2) is 9.97 Å². The smallest absolute Gasteiger partial charge is 0.225 e. The summed E-state index contributed by atoms with van der Waals surface area (Å²) in [6.07, 6.45) is 2.70. The van der Waals surface area contributed by atoms with Crippen molar-refractivity contribution in [2.45, 2.75) is 12.3 Å². The molecule has 0 saturated carbocycles. The van der Waals surface area contributed by atoms with Crippen molar-refractivity contribution < 1.29 is 5.21 Å². The first-order chi connectivity index (χ1) is 10.3. The normalized spacial score (nSPS) is 19.0. The fourth-order valence-electron chi connectivity index (χ4n) is 2.63. The second-order valence-electron chi connectivity index (χ2n) is 5.07. The van der Waals surface area contributed by atoms with Gasteiger partial charge in [-0.1, -0.05) is 35.5 Å². The van der Waals surface area contributed by atoms with Crippen LogP contribution < -0.4 is 10.6 Å². The Morgan fingerprint density at radius 2 is 2.10 bits per heavy atom. The number of amidine groups is 1. The monoisotopic (exact) mass is 283 g/mol. The van der Waals surface area contributed by atoms with Crippen LogP contribution in [0.15, 0.2) is 47.8 Å². The predicted molar refractivity (Wildman–Crippen MR) is 80.6 cm³/mol. The van der Waals surface area contributed by atoms with Crippen molar-refractivity contribution in [3.05, 3.63) is 53.9 Å². The third kappa shape index (κ3) is 2.79. The minimum absolute atomic E-state index is 0.00236. The first kappa shape index (κ1) is 13.4. The second kappa shape index (κ2) is 5.78. The molecule has 3 rings (SSSR count). The molecule has 108 valence electrons. The van der Waals surface area contributed by atoms with E-state index in [1.165, 1.54) is 5.56 Å². The molecule has 0 bridgehead atoms. The van der Waals surface area contributed by atoms with Crippen molar-refractivity contribution in [1.29, 1.82) is 0 Å². The van der Waals surface area contributed by atoms with Crippen molar-refractivity contribution in [3.8, 4) is 0 Å². The Hall–Kier alpha value is -2.63. The van der Waals surface area contributed by atoms with Gasteiger partial charge in [-0.05, 0) is 18.1 Å². The summed E-state index contributed by atoms with van der Waals surface area (Å²) < 4.78 is 0. The summed E-state index contributed by atoms with van der Waals surface area (Å²) in [5.41, 5.74) is 7.35. The molecule has 1 unspecified atom stereocenters. The minimum atomic E-state index is -0.00236. The molecule has 3 N–H and O–H groups in total. The average Bonchev–Trinajstić information content (AvgIpc) is 3.05. The fourth-order valence-corrected chi connectivity index (χ4v) is 2.63. The SMILES string of the molecule is N/C(=N/O)c1ccnc(N2CCC(c3ccccc3)C2)n1. The number of benzene rings is 1. The Kier molecular flexibility index (Phi) is 3.68. The van der Waals surface area contributed by atoms with Crippen molar-refractivity contribution in [1.82, 2.24) is 9.97 Å². The summed E-state index contributed by atoms with van der Waals surface area (Å²) in [5.74, 6) is 1.11. The van der Waals surface area contributed by atoms with Crippen LogP contribution in [0.5, 0.6) is 0 Å². The number of aromatic nitrogens is 2. The van der Waals surface area contributed by atoms with E-state index >= 15 is 0 Å². The molecular formula is C15H17N5O. The highest BCUT2D eigenvalue weighted by atomic mass is 16.4. The third-order valence-corrected chi connectivity index (χ3v) is 3.76. The van der Waals surface area contributed by atoms with E-state index in [1.807, 2.05) is 6.07 Å². The highest BCUT2D eigenvalue weighted by Gasteiger charge is 2.25. The molecule has 1 saturated heterocycles. The predicted octanol–water partition coefficient (Wildman–Crippen LogP) is 1.56. The number of oxime groups is 1. The van der Waals surface area contributed by atoms with E-state index in [4.69, 9.17) is 10.9 Å². The molecule has 0 amide bonds. The zero-order valence-corrected chi connectivity index (χ0v) is 11.6. The van der Waals surface area contributed by atoms with Gasteiger partial charge in [0.05, 0.1) is 0 Å². The molecule has 1 aromatic carbocycles. The lowest BCUT2D eigenvalue weighted by Crippen LogP contribution is -2.24. The molecule has 0 radical (unpaired) electrons.